The monoisotopic (exact) mass is 303 g/mol. The highest BCUT2D eigenvalue weighted by atomic mass is 16.2. The maximum Gasteiger partial charge on any atom is 0.325 e. The number of rotatable bonds is 5. The molecule has 0 unspecified atom stereocenters. The lowest BCUT2D eigenvalue weighted by Crippen LogP contribution is -2.38. The predicted molar refractivity (Wildman–Crippen MR) is 83.3 cm³/mol. The normalized spacial score (nSPS) is 17.8. The standard InChI is InChI=1S/C16H21N3O3/c1-10(2)8-13-15(21)19(16(22)18-13)9-14(20)17-12-7-5-4-6-11(12)3/h4-7,10,13H,8-9H2,1-3H3,(H,17,20)(H,18,22)/t13-/m0/s1. The Morgan fingerprint density at radius 2 is 2.00 bits per heavy atom. The molecule has 1 aliphatic heterocycles. The van der Waals surface area contributed by atoms with Gasteiger partial charge in [-0.3, -0.25) is 14.5 Å². The van der Waals surface area contributed by atoms with Crippen LogP contribution in [-0.4, -0.2) is 35.3 Å². The van der Waals surface area contributed by atoms with Crippen LogP contribution in [0.25, 0.3) is 0 Å². The minimum absolute atomic E-state index is 0.270. The molecule has 1 aromatic rings. The van der Waals surface area contributed by atoms with Gasteiger partial charge >= 0.3 is 6.03 Å². The number of aryl methyl sites for hydroxylation is 1. The van der Waals surface area contributed by atoms with E-state index < -0.39 is 12.1 Å². The highest BCUT2D eigenvalue weighted by molar-refractivity contribution is 6.07. The third kappa shape index (κ3) is 3.63. The molecule has 1 aliphatic rings. The van der Waals surface area contributed by atoms with Gasteiger partial charge in [0.2, 0.25) is 5.91 Å². The van der Waals surface area contributed by atoms with Gasteiger partial charge in [0.1, 0.15) is 12.6 Å². The first-order chi connectivity index (χ1) is 10.4. The Bertz CT molecular complexity index is 598. The summed E-state index contributed by atoms with van der Waals surface area (Å²) in [4.78, 5) is 37.0. The quantitative estimate of drug-likeness (QED) is 0.815. The van der Waals surface area contributed by atoms with Gasteiger partial charge in [-0.05, 0) is 30.9 Å². The SMILES string of the molecule is Cc1ccccc1NC(=O)CN1C(=O)N[C@@H](CC(C)C)C1=O. The lowest BCUT2D eigenvalue weighted by Gasteiger charge is -2.14. The summed E-state index contributed by atoms with van der Waals surface area (Å²) in [6.45, 7) is 5.57. The van der Waals surface area contributed by atoms with Crippen molar-refractivity contribution in [2.24, 2.45) is 5.92 Å². The molecule has 6 heteroatoms. The first kappa shape index (κ1) is 16.0. The first-order valence-electron chi connectivity index (χ1n) is 7.36. The molecule has 1 saturated heterocycles. The number of hydrogen-bond acceptors (Lipinski definition) is 3. The number of urea groups is 1. The van der Waals surface area contributed by atoms with Crippen molar-refractivity contribution in [3.05, 3.63) is 29.8 Å². The highest BCUT2D eigenvalue weighted by Gasteiger charge is 2.38. The van der Waals surface area contributed by atoms with Crippen molar-refractivity contribution in [2.75, 3.05) is 11.9 Å². The van der Waals surface area contributed by atoms with E-state index in [0.717, 1.165) is 10.5 Å². The Labute approximate surface area is 129 Å². The number of benzene rings is 1. The number of anilines is 1. The Morgan fingerprint density at radius 1 is 1.32 bits per heavy atom. The van der Waals surface area contributed by atoms with Crippen LogP contribution in [0.15, 0.2) is 24.3 Å². The van der Waals surface area contributed by atoms with Gasteiger partial charge in [0, 0.05) is 5.69 Å². The Morgan fingerprint density at radius 3 is 2.64 bits per heavy atom. The Balaban J connectivity index is 1.98. The molecule has 1 heterocycles. The fraction of sp³-hybridized carbons (Fsp3) is 0.438. The fourth-order valence-corrected chi connectivity index (χ4v) is 2.40. The van der Waals surface area contributed by atoms with E-state index in [4.69, 9.17) is 0 Å². The van der Waals surface area contributed by atoms with E-state index in [2.05, 4.69) is 10.6 Å². The minimum atomic E-state index is -0.529. The van der Waals surface area contributed by atoms with Crippen LogP contribution >= 0.6 is 0 Å². The van der Waals surface area contributed by atoms with Gasteiger partial charge in [-0.2, -0.15) is 0 Å². The van der Waals surface area contributed by atoms with Crippen LogP contribution in [0.5, 0.6) is 0 Å². The molecule has 2 N–H and O–H groups in total. The van der Waals surface area contributed by atoms with E-state index in [0.29, 0.717) is 12.1 Å². The molecule has 0 aliphatic carbocycles. The van der Waals surface area contributed by atoms with Crippen LogP contribution in [0.2, 0.25) is 0 Å². The zero-order valence-corrected chi connectivity index (χ0v) is 13.1. The molecule has 4 amide bonds. The van der Waals surface area contributed by atoms with Crippen molar-refractivity contribution in [2.45, 2.75) is 33.2 Å². The molecular formula is C16H21N3O3. The summed E-state index contributed by atoms with van der Waals surface area (Å²) < 4.78 is 0. The molecule has 1 atom stereocenters. The number of nitrogens with zero attached hydrogens (tertiary/aromatic N) is 1. The number of carbonyl (C=O) groups is 3. The van der Waals surface area contributed by atoms with Gasteiger partial charge in [0.15, 0.2) is 0 Å². The molecule has 1 fully saturated rings. The molecule has 2 rings (SSSR count). The van der Waals surface area contributed by atoms with E-state index in [9.17, 15) is 14.4 Å². The molecule has 0 aromatic heterocycles. The van der Waals surface area contributed by atoms with Crippen molar-refractivity contribution < 1.29 is 14.4 Å². The molecule has 0 saturated carbocycles. The van der Waals surface area contributed by atoms with Crippen molar-refractivity contribution in [3.8, 4) is 0 Å². The summed E-state index contributed by atoms with van der Waals surface area (Å²) >= 11 is 0. The summed E-state index contributed by atoms with van der Waals surface area (Å²) in [7, 11) is 0. The molecule has 22 heavy (non-hydrogen) atoms. The summed E-state index contributed by atoms with van der Waals surface area (Å²) in [6, 6.07) is 6.31. The number of hydrogen-bond donors (Lipinski definition) is 2. The van der Waals surface area contributed by atoms with Crippen LogP contribution in [0.3, 0.4) is 0 Å². The van der Waals surface area contributed by atoms with Crippen LogP contribution in [0.4, 0.5) is 10.5 Å². The molecule has 6 nitrogen and oxygen atoms in total. The number of carbonyl (C=O) groups excluding carboxylic acids is 3. The van der Waals surface area contributed by atoms with E-state index in [1.165, 1.54) is 0 Å². The Hall–Kier alpha value is -2.37. The molecule has 0 bridgehead atoms. The van der Waals surface area contributed by atoms with E-state index in [1.807, 2.05) is 39.0 Å². The lowest BCUT2D eigenvalue weighted by molar-refractivity contribution is -0.131. The van der Waals surface area contributed by atoms with Gasteiger partial charge in [0.25, 0.3) is 5.91 Å². The average Bonchev–Trinajstić information content (AvgIpc) is 2.68. The second-order valence-electron chi connectivity index (χ2n) is 5.92. The summed E-state index contributed by atoms with van der Waals surface area (Å²) in [5, 5.41) is 5.34. The van der Waals surface area contributed by atoms with Gasteiger partial charge in [0.05, 0.1) is 0 Å². The summed E-state index contributed by atoms with van der Waals surface area (Å²) in [5.74, 6) is -0.434. The maximum atomic E-state index is 12.2. The first-order valence-corrected chi connectivity index (χ1v) is 7.36. The zero-order chi connectivity index (χ0) is 16.3. The smallest absolute Gasteiger partial charge is 0.325 e. The van der Waals surface area contributed by atoms with Gasteiger partial charge in [-0.25, -0.2) is 4.79 Å². The number of imide groups is 1. The van der Waals surface area contributed by atoms with Crippen LogP contribution in [0, 0.1) is 12.8 Å². The number of para-hydroxylation sites is 1. The molecule has 118 valence electrons. The highest BCUT2D eigenvalue weighted by Crippen LogP contribution is 2.16. The zero-order valence-electron chi connectivity index (χ0n) is 13.1. The third-order valence-electron chi connectivity index (χ3n) is 3.53. The van der Waals surface area contributed by atoms with Crippen molar-refractivity contribution in [1.82, 2.24) is 10.2 Å². The number of amides is 4. The van der Waals surface area contributed by atoms with Crippen molar-refractivity contribution in [1.29, 1.82) is 0 Å². The second-order valence-corrected chi connectivity index (χ2v) is 5.92. The van der Waals surface area contributed by atoms with Gasteiger partial charge in [-0.1, -0.05) is 32.0 Å². The largest absolute Gasteiger partial charge is 0.326 e. The molecule has 1 aromatic carbocycles. The van der Waals surface area contributed by atoms with E-state index in [1.54, 1.807) is 6.07 Å². The average molecular weight is 303 g/mol. The van der Waals surface area contributed by atoms with Crippen LogP contribution < -0.4 is 10.6 Å². The van der Waals surface area contributed by atoms with Crippen LogP contribution in [-0.2, 0) is 9.59 Å². The molecule has 0 radical (unpaired) electrons. The number of nitrogens with one attached hydrogen (secondary N) is 2. The maximum absolute atomic E-state index is 12.2. The van der Waals surface area contributed by atoms with Gasteiger partial charge in [-0.15, -0.1) is 0 Å². The Kier molecular flexibility index (Phi) is 4.80. The van der Waals surface area contributed by atoms with Gasteiger partial charge < -0.3 is 10.6 Å². The third-order valence-corrected chi connectivity index (χ3v) is 3.53. The predicted octanol–water partition coefficient (Wildman–Crippen LogP) is 1.90. The lowest BCUT2D eigenvalue weighted by atomic mass is 10.0. The summed E-state index contributed by atoms with van der Waals surface area (Å²) in [5.41, 5.74) is 1.60. The minimum Gasteiger partial charge on any atom is -0.326 e. The van der Waals surface area contributed by atoms with E-state index >= 15 is 0 Å². The van der Waals surface area contributed by atoms with Crippen LogP contribution in [0.1, 0.15) is 25.8 Å². The van der Waals surface area contributed by atoms with Crippen molar-refractivity contribution >= 4 is 23.5 Å². The molecular weight excluding hydrogens is 282 g/mol. The topological polar surface area (TPSA) is 78.5 Å². The van der Waals surface area contributed by atoms with Crippen molar-refractivity contribution in [3.63, 3.8) is 0 Å². The fourth-order valence-electron chi connectivity index (χ4n) is 2.40. The van der Waals surface area contributed by atoms with E-state index in [-0.39, 0.29) is 24.3 Å². The molecule has 0 spiro atoms. The second kappa shape index (κ2) is 6.60. The summed E-state index contributed by atoms with van der Waals surface area (Å²) in [6.07, 6.45) is 0.570.